The predicted octanol–water partition coefficient (Wildman–Crippen LogP) is 3.22. The van der Waals surface area contributed by atoms with Gasteiger partial charge in [0.25, 0.3) is 0 Å². The molecule has 0 radical (unpaired) electrons. The van der Waals surface area contributed by atoms with E-state index >= 15 is 0 Å². The molecule has 0 atom stereocenters. The van der Waals surface area contributed by atoms with Crippen molar-refractivity contribution >= 4 is 5.82 Å². The summed E-state index contributed by atoms with van der Waals surface area (Å²) in [5.74, 6) is 1.07. The highest BCUT2D eigenvalue weighted by molar-refractivity contribution is 5.40. The first-order valence-electron chi connectivity index (χ1n) is 8.18. The average Bonchev–Trinajstić information content (AvgIpc) is 2.52. The van der Waals surface area contributed by atoms with Crippen LogP contribution in [-0.2, 0) is 11.3 Å². The summed E-state index contributed by atoms with van der Waals surface area (Å²) in [4.78, 5) is 7.20. The molecule has 21 heavy (non-hydrogen) atoms. The molecule has 1 rings (SSSR count). The molecular formula is C17H31N3O. The van der Waals surface area contributed by atoms with Gasteiger partial charge in [0.05, 0.1) is 12.3 Å². The smallest absolute Gasteiger partial charge is 0.129 e. The molecule has 0 amide bonds. The van der Waals surface area contributed by atoms with E-state index in [0.29, 0.717) is 6.04 Å². The molecule has 4 heteroatoms. The van der Waals surface area contributed by atoms with Gasteiger partial charge in [-0.05, 0) is 37.9 Å². The number of pyridine rings is 1. The minimum absolute atomic E-state index is 0.520. The van der Waals surface area contributed by atoms with Crippen molar-refractivity contribution in [3.05, 3.63) is 23.9 Å². The van der Waals surface area contributed by atoms with E-state index in [4.69, 9.17) is 9.72 Å². The standard InChI is InChI=1S/C17H31N3O/c1-5-11-18-14-15-9-8-10-17(19-15)20(12-13-21-4)16(6-2)7-3/h8-10,16,18H,5-7,11-14H2,1-4H3. The van der Waals surface area contributed by atoms with Crippen molar-refractivity contribution in [2.75, 3.05) is 31.7 Å². The number of aromatic nitrogens is 1. The maximum absolute atomic E-state index is 5.26. The number of anilines is 1. The van der Waals surface area contributed by atoms with Gasteiger partial charge in [-0.25, -0.2) is 4.98 Å². The summed E-state index contributed by atoms with van der Waals surface area (Å²) in [5, 5.41) is 3.41. The summed E-state index contributed by atoms with van der Waals surface area (Å²) >= 11 is 0. The lowest BCUT2D eigenvalue weighted by atomic mass is 10.1. The van der Waals surface area contributed by atoms with E-state index in [1.54, 1.807) is 7.11 Å². The maximum Gasteiger partial charge on any atom is 0.129 e. The largest absolute Gasteiger partial charge is 0.383 e. The van der Waals surface area contributed by atoms with Crippen molar-refractivity contribution in [1.29, 1.82) is 0 Å². The molecule has 0 bridgehead atoms. The van der Waals surface area contributed by atoms with E-state index in [2.05, 4.69) is 49.2 Å². The fourth-order valence-electron chi connectivity index (χ4n) is 2.52. The van der Waals surface area contributed by atoms with Gasteiger partial charge >= 0.3 is 0 Å². The van der Waals surface area contributed by atoms with Crippen molar-refractivity contribution in [1.82, 2.24) is 10.3 Å². The minimum atomic E-state index is 0.520. The van der Waals surface area contributed by atoms with Crippen LogP contribution in [0.2, 0.25) is 0 Å². The Bertz CT molecular complexity index is 380. The molecule has 0 aromatic carbocycles. The first-order chi connectivity index (χ1) is 10.3. The molecule has 0 unspecified atom stereocenters. The number of ether oxygens (including phenoxy) is 1. The second-order valence-corrected chi connectivity index (χ2v) is 5.32. The quantitative estimate of drug-likeness (QED) is 0.636. The lowest BCUT2D eigenvalue weighted by Crippen LogP contribution is -2.37. The average molecular weight is 293 g/mol. The molecule has 0 aliphatic carbocycles. The highest BCUT2D eigenvalue weighted by Crippen LogP contribution is 2.18. The van der Waals surface area contributed by atoms with Crippen LogP contribution in [0.3, 0.4) is 0 Å². The van der Waals surface area contributed by atoms with Crippen LogP contribution in [0.25, 0.3) is 0 Å². The van der Waals surface area contributed by atoms with E-state index in [1.165, 1.54) is 0 Å². The highest BCUT2D eigenvalue weighted by Gasteiger charge is 2.16. The normalized spacial score (nSPS) is 11.1. The van der Waals surface area contributed by atoms with Gasteiger partial charge in [-0.15, -0.1) is 0 Å². The second-order valence-electron chi connectivity index (χ2n) is 5.32. The van der Waals surface area contributed by atoms with Gasteiger partial charge < -0.3 is 15.0 Å². The zero-order valence-corrected chi connectivity index (χ0v) is 14.1. The Hall–Kier alpha value is -1.13. The van der Waals surface area contributed by atoms with E-state index in [-0.39, 0.29) is 0 Å². The molecule has 0 saturated carbocycles. The molecule has 120 valence electrons. The number of rotatable bonds is 11. The van der Waals surface area contributed by atoms with Crippen molar-refractivity contribution in [2.24, 2.45) is 0 Å². The summed E-state index contributed by atoms with van der Waals surface area (Å²) in [6.45, 7) is 10.1. The van der Waals surface area contributed by atoms with E-state index < -0.39 is 0 Å². The summed E-state index contributed by atoms with van der Waals surface area (Å²) in [6.07, 6.45) is 3.40. The molecule has 0 saturated heterocycles. The molecule has 0 spiro atoms. The van der Waals surface area contributed by atoms with Crippen LogP contribution in [0.15, 0.2) is 18.2 Å². The molecular weight excluding hydrogens is 262 g/mol. The molecule has 0 fully saturated rings. The number of hydrogen-bond donors (Lipinski definition) is 1. The Morgan fingerprint density at radius 1 is 1.24 bits per heavy atom. The van der Waals surface area contributed by atoms with Crippen molar-refractivity contribution < 1.29 is 4.74 Å². The molecule has 0 aliphatic rings. The van der Waals surface area contributed by atoms with Crippen LogP contribution in [0.4, 0.5) is 5.82 Å². The third-order valence-electron chi connectivity index (χ3n) is 3.74. The van der Waals surface area contributed by atoms with Gasteiger partial charge in [-0.1, -0.05) is 26.8 Å². The number of methoxy groups -OCH3 is 1. The van der Waals surface area contributed by atoms with Gasteiger partial charge in [-0.3, -0.25) is 0 Å². The summed E-state index contributed by atoms with van der Waals surface area (Å²) in [6, 6.07) is 6.82. The predicted molar refractivity (Wildman–Crippen MR) is 89.8 cm³/mol. The highest BCUT2D eigenvalue weighted by atomic mass is 16.5. The van der Waals surface area contributed by atoms with Crippen LogP contribution in [0, 0.1) is 0 Å². The third-order valence-corrected chi connectivity index (χ3v) is 3.74. The fourth-order valence-corrected chi connectivity index (χ4v) is 2.52. The number of nitrogens with one attached hydrogen (secondary N) is 1. The zero-order chi connectivity index (χ0) is 15.5. The van der Waals surface area contributed by atoms with Gasteiger partial charge in [0, 0.05) is 26.2 Å². The summed E-state index contributed by atoms with van der Waals surface area (Å²) < 4.78 is 5.26. The van der Waals surface area contributed by atoms with Crippen LogP contribution in [-0.4, -0.2) is 37.8 Å². The molecule has 4 nitrogen and oxygen atoms in total. The first kappa shape index (κ1) is 17.9. The number of nitrogens with zero attached hydrogens (tertiary/aromatic N) is 2. The summed E-state index contributed by atoms with van der Waals surface area (Å²) in [7, 11) is 1.75. The molecule has 1 aromatic heterocycles. The van der Waals surface area contributed by atoms with Gasteiger partial charge in [0.2, 0.25) is 0 Å². The minimum Gasteiger partial charge on any atom is -0.383 e. The van der Waals surface area contributed by atoms with Crippen LogP contribution in [0.5, 0.6) is 0 Å². The monoisotopic (exact) mass is 293 g/mol. The number of hydrogen-bond acceptors (Lipinski definition) is 4. The first-order valence-corrected chi connectivity index (χ1v) is 8.18. The van der Waals surface area contributed by atoms with Crippen LogP contribution in [0.1, 0.15) is 45.7 Å². The Kier molecular flexibility index (Phi) is 9.02. The third kappa shape index (κ3) is 6.02. The lowest BCUT2D eigenvalue weighted by molar-refractivity contribution is 0.202. The Morgan fingerprint density at radius 3 is 2.62 bits per heavy atom. The molecule has 0 aliphatic heterocycles. The van der Waals surface area contributed by atoms with Crippen molar-refractivity contribution in [3.8, 4) is 0 Å². The Balaban J connectivity index is 2.82. The second kappa shape index (κ2) is 10.6. The van der Waals surface area contributed by atoms with Crippen LogP contribution >= 0.6 is 0 Å². The van der Waals surface area contributed by atoms with E-state index in [1.807, 2.05) is 0 Å². The van der Waals surface area contributed by atoms with E-state index in [9.17, 15) is 0 Å². The van der Waals surface area contributed by atoms with Gasteiger partial charge in [-0.2, -0.15) is 0 Å². The van der Waals surface area contributed by atoms with Crippen molar-refractivity contribution in [3.63, 3.8) is 0 Å². The fraction of sp³-hybridized carbons (Fsp3) is 0.706. The molecule has 1 N–H and O–H groups in total. The van der Waals surface area contributed by atoms with Crippen LogP contribution < -0.4 is 10.2 Å². The van der Waals surface area contributed by atoms with Crippen molar-refractivity contribution in [2.45, 2.75) is 52.6 Å². The topological polar surface area (TPSA) is 37.4 Å². The Morgan fingerprint density at radius 2 is 2.00 bits per heavy atom. The molecule has 1 aromatic rings. The Labute approximate surface area is 129 Å². The zero-order valence-electron chi connectivity index (χ0n) is 14.1. The molecule has 1 heterocycles. The van der Waals surface area contributed by atoms with Gasteiger partial charge in [0.15, 0.2) is 0 Å². The SMILES string of the molecule is CCCNCc1cccc(N(CCOC)C(CC)CC)n1. The maximum atomic E-state index is 5.26. The lowest BCUT2D eigenvalue weighted by Gasteiger charge is -2.31. The van der Waals surface area contributed by atoms with Gasteiger partial charge in [0.1, 0.15) is 5.82 Å². The summed E-state index contributed by atoms with van der Waals surface area (Å²) in [5.41, 5.74) is 1.11. The van der Waals surface area contributed by atoms with E-state index in [0.717, 1.165) is 57.0 Å².